The molecule has 136 valence electrons. The van der Waals surface area contributed by atoms with Crippen LogP contribution in [0.25, 0.3) is 0 Å². The third kappa shape index (κ3) is 15.9. The minimum atomic E-state index is -0.675. The average molecular weight is 325 g/mol. The molecular formula is C21H40O2. The second-order valence-electron chi connectivity index (χ2n) is 7.99. The third-order valence-corrected chi connectivity index (χ3v) is 4.54. The highest BCUT2D eigenvalue weighted by Crippen LogP contribution is 2.32. The highest BCUT2D eigenvalue weighted by Gasteiger charge is 2.21. The van der Waals surface area contributed by atoms with Crippen LogP contribution in [0, 0.1) is 11.3 Å². The summed E-state index contributed by atoms with van der Waals surface area (Å²) < 4.78 is 0. The fourth-order valence-corrected chi connectivity index (χ4v) is 3.39. The van der Waals surface area contributed by atoms with Crippen molar-refractivity contribution in [3.63, 3.8) is 0 Å². The molecule has 1 N–H and O–H groups in total. The number of carboxylic acid groups (broad SMARTS) is 1. The van der Waals surface area contributed by atoms with Crippen LogP contribution < -0.4 is 0 Å². The number of rotatable bonds is 15. The van der Waals surface area contributed by atoms with Gasteiger partial charge in [0.25, 0.3) is 0 Å². The van der Waals surface area contributed by atoms with Gasteiger partial charge in [-0.3, -0.25) is 4.79 Å². The van der Waals surface area contributed by atoms with Crippen molar-refractivity contribution < 1.29 is 9.90 Å². The summed E-state index contributed by atoms with van der Waals surface area (Å²) >= 11 is 0. The van der Waals surface area contributed by atoms with Gasteiger partial charge < -0.3 is 5.11 Å². The number of aliphatic carboxylic acids is 1. The molecule has 1 atom stereocenters. The summed E-state index contributed by atoms with van der Waals surface area (Å²) in [6.07, 6.45) is 19.0. The van der Waals surface area contributed by atoms with Gasteiger partial charge in [-0.15, -0.1) is 0 Å². The van der Waals surface area contributed by atoms with E-state index in [1.165, 1.54) is 57.8 Å². The predicted octanol–water partition coefficient (Wildman–Crippen LogP) is 6.99. The van der Waals surface area contributed by atoms with Crippen molar-refractivity contribution in [1.29, 1.82) is 0 Å². The number of carbonyl (C=O) groups is 1. The van der Waals surface area contributed by atoms with E-state index in [0.717, 1.165) is 12.8 Å². The molecule has 0 saturated carbocycles. The SMILES string of the molecule is CCCCCCCC/C=C\CCCC(C)(C)CC(C)CC(=O)O. The van der Waals surface area contributed by atoms with E-state index in [-0.39, 0.29) is 11.3 Å². The Kier molecular flexibility index (Phi) is 13.2. The molecule has 0 aromatic carbocycles. The first-order valence-electron chi connectivity index (χ1n) is 9.74. The molecule has 0 rings (SSSR count). The van der Waals surface area contributed by atoms with Crippen LogP contribution in [-0.4, -0.2) is 11.1 Å². The van der Waals surface area contributed by atoms with E-state index < -0.39 is 5.97 Å². The van der Waals surface area contributed by atoms with Gasteiger partial charge >= 0.3 is 5.97 Å². The second kappa shape index (κ2) is 13.6. The molecule has 0 aromatic rings. The molecule has 0 aliphatic rings. The molecule has 23 heavy (non-hydrogen) atoms. The van der Waals surface area contributed by atoms with Crippen LogP contribution in [-0.2, 0) is 4.79 Å². The van der Waals surface area contributed by atoms with Crippen LogP contribution in [0.4, 0.5) is 0 Å². The van der Waals surface area contributed by atoms with Crippen molar-refractivity contribution >= 4 is 5.97 Å². The van der Waals surface area contributed by atoms with Gasteiger partial charge in [0.15, 0.2) is 0 Å². The zero-order valence-corrected chi connectivity index (χ0v) is 16.1. The van der Waals surface area contributed by atoms with Gasteiger partial charge in [-0.1, -0.05) is 72.0 Å². The Balaban J connectivity index is 3.61. The summed E-state index contributed by atoms with van der Waals surface area (Å²) in [6.45, 7) is 8.85. The summed E-state index contributed by atoms with van der Waals surface area (Å²) in [5.74, 6) is -0.406. The van der Waals surface area contributed by atoms with Gasteiger partial charge in [0.1, 0.15) is 0 Å². The van der Waals surface area contributed by atoms with E-state index in [1.54, 1.807) is 0 Å². The molecule has 0 radical (unpaired) electrons. The van der Waals surface area contributed by atoms with E-state index in [4.69, 9.17) is 5.11 Å². The molecule has 2 nitrogen and oxygen atoms in total. The Morgan fingerprint density at radius 1 is 1.00 bits per heavy atom. The fraction of sp³-hybridized carbons (Fsp3) is 0.857. The summed E-state index contributed by atoms with van der Waals surface area (Å²) in [5.41, 5.74) is 0.252. The largest absolute Gasteiger partial charge is 0.481 e. The zero-order valence-electron chi connectivity index (χ0n) is 16.1. The lowest BCUT2D eigenvalue weighted by molar-refractivity contribution is -0.138. The maximum absolute atomic E-state index is 10.7. The third-order valence-electron chi connectivity index (χ3n) is 4.54. The topological polar surface area (TPSA) is 37.3 Å². The molecule has 0 saturated heterocycles. The first-order chi connectivity index (χ1) is 10.9. The maximum atomic E-state index is 10.7. The smallest absolute Gasteiger partial charge is 0.303 e. The lowest BCUT2D eigenvalue weighted by Gasteiger charge is -2.27. The Labute approximate surface area is 144 Å². The standard InChI is InChI=1S/C21H40O2/c1-5-6-7-8-9-10-11-12-13-14-15-16-21(3,4)18-19(2)17-20(22)23/h12-13,19H,5-11,14-18H2,1-4H3,(H,22,23)/b13-12-. The number of hydrogen-bond acceptors (Lipinski definition) is 1. The molecule has 1 unspecified atom stereocenters. The van der Waals surface area contributed by atoms with Gasteiger partial charge in [-0.25, -0.2) is 0 Å². The molecule has 0 heterocycles. The van der Waals surface area contributed by atoms with Crippen molar-refractivity contribution in [3.05, 3.63) is 12.2 Å². The minimum absolute atomic E-state index is 0.252. The zero-order chi connectivity index (χ0) is 17.6. The van der Waals surface area contributed by atoms with Gasteiger partial charge in [-0.2, -0.15) is 0 Å². The van der Waals surface area contributed by atoms with Crippen molar-refractivity contribution in [2.24, 2.45) is 11.3 Å². The van der Waals surface area contributed by atoms with E-state index >= 15 is 0 Å². The molecule has 0 fully saturated rings. The quantitative estimate of drug-likeness (QED) is 0.260. The van der Waals surface area contributed by atoms with Crippen LogP contribution in [0.5, 0.6) is 0 Å². The van der Waals surface area contributed by atoms with Crippen molar-refractivity contribution in [3.8, 4) is 0 Å². The summed E-state index contributed by atoms with van der Waals surface area (Å²) in [4.78, 5) is 10.7. The van der Waals surface area contributed by atoms with Crippen molar-refractivity contribution in [2.45, 2.75) is 105 Å². The van der Waals surface area contributed by atoms with Gasteiger partial charge in [0.2, 0.25) is 0 Å². The van der Waals surface area contributed by atoms with Crippen LogP contribution in [0.1, 0.15) is 105 Å². The van der Waals surface area contributed by atoms with Crippen LogP contribution in [0.15, 0.2) is 12.2 Å². The van der Waals surface area contributed by atoms with Crippen molar-refractivity contribution in [2.75, 3.05) is 0 Å². The lowest BCUT2D eigenvalue weighted by Crippen LogP contribution is -2.17. The molecule has 0 spiro atoms. The Morgan fingerprint density at radius 3 is 2.17 bits per heavy atom. The lowest BCUT2D eigenvalue weighted by atomic mass is 9.78. The van der Waals surface area contributed by atoms with Gasteiger partial charge in [0, 0.05) is 6.42 Å². The average Bonchev–Trinajstić information content (AvgIpc) is 2.43. The summed E-state index contributed by atoms with van der Waals surface area (Å²) in [5, 5.41) is 8.85. The first-order valence-corrected chi connectivity index (χ1v) is 9.74. The number of hydrogen-bond donors (Lipinski definition) is 1. The fourth-order valence-electron chi connectivity index (χ4n) is 3.39. The monoisotopic (exact) mass is 324 g/mol. The normalized spacial score (nSPS) is 13.6. The number of carboxylic acids is 1. The Hall–Kier alpha value is -0.790. The number of unbranched alkanes of at least 4 members (excludes halogenated alkanes) is 7. The van der Waals surface area contributed by atoms with Crippen LogP contribution in [0.3, 0.4) is 0 Å². The van der Waals surface area contributed by atoms with Gasteiger partial charge in [-0.05, 0) is 49.9 Å². The first kappa shape index (κ1) is 22.2. The summed E-state index contributed by atoms with van der Waals surface area (Å²) in [6, 6.07) is 0. The number of allylic oxidation sites excluding steroid dienone is 2. The second-order valence-corrected chi connectivity index (χ2v) is 7.99. The molecule has 0 aliphatic carbocycles. The molecule has 0 bridgehead atoms. The molecule has 2 heteroatoms. The van der Waals surface area contributed by atoms with Crippen molar-refractivity contribution in [1.82, 2.24) is 0 Å². The molecule has 0 amide bonds. The predicted molar refractivity (Wildman–Crippen MR) is 101 cm³/mol. The Bertz CT molecular complexity index is 318. The molecule has 0 aromatic heterocycles. The summed E-state index contributed by atoms with van der Waals surface area (Å²) in [7, 11) is 0. The maximum Gasteiger partial charge on any atom is 0.303 e. The van der Waals surface area contributed by atoms with Gasteiger partial charge in [0.05, 0.1) is 0 Å². The highest BCUT2D eigenvalue weighted by molar-refractivity contribution is 5.66. The van der Waals surface area contributed by atoms with E-state index in [2.05, 4.69) is 39.8 Å². The van der Waals surface area contributed by atoms with E-state index in [1.807, 2.05) is 0 Å². The Morgan fingerprint density at radius 2 is 1.57 bits per heavy atom. The van der Waals surface area contributed by atoms with Crippen LogP contribution in [0.2, 0.25) is 0 Å². The highest BCUT2D eigenvalue weighted by atomic mass is 16.4. The molecular weight excluding hydrogens is 284 g/mol. The molecule has 0 aliphatic heterocycles. The van der Waals surface area contributed by atoms with E-state index in [0.29, 0.717) is 6.42 Å². The van der Waals surface area contributed by atoms with Crippen LogP contribution >= 0.6 is 0 Å². The van der Waals surface area contributed by atoms with E-state index in [9.17, 15) is 4.79 Å². The minimum Gasteiger partial charge on any atom is -0.481 e.